The molecule has 6 nitrogen and oxygen atoms in total. The molecule has 1 aliphatic carbocycles. The summed E-state index contributed by atoms with van der Waals surface area (Å²) < 4.78 is 13.1. The third-order valence-electron chi connectivity index (χ3n) is 6.93. The predicted molar refractivity (Wildman–Crippen MR) is 132 cm³/mol. The van der Waals surface area contributed by atoms with E-state index < -0.39 is 0 Å². The maximum atomic E-state index is 13.6. The molecule has 1 aliphatic heterocycles. The average molecular weight is 458 g/mol. The Bertz CT molecular complexity index is 1240. The lowest BCUT2D eigenvalue weighted by Crippen LogP contribution is -2.41. The number of ether oxygens (including phenoxy) is 2. The van der Waals surface area contributed by atoms with Crippen molar-refractivity contribution in [2.75, 3.05) is 20.8 Å². The minimum absolute atomic E-state index is 0.108. The maximum Gasteiger partial charge on any atom is 0.250 e. The number of imidazole rings is 1. The number of benzene rings is 2. The SMILES string of the molecule is COc1ccc2c(c1)C(N1CCCC(=Cc3ccc(-n4cnc(C)c4)c(OC)c3)C1=O)CCC2. The molecule has 1 saturated heterocycles. The van der Waals surface area contributed by atoms with E-state index in [1.54, 1.807) is 20.5 Å². The summed E-state index contributed by atoms with van der Waals surface area (Å²) in [6, 6.07) is 12.4. The number of likely N-dealkylation sites (tertiary alicyclic amines) is 1. The van der Waals surface area contributed by atoms with Gasteiger partial charge in [-0.25, -0.2) is 4.98 Å². The number of piperidine rings is 1. The lowest BCUT2D eigenvalue weighted by atomic mass is 9.85. The van der Waals surface area contributed by atoms with Crippen LogP contribution in [0.15, 0.2) is 54.5 Å². The van der Waals surface area contributed by atoms with Crippen LogP contribution in [0.25, 0.3) is 11.8 Å². The molecule has 0 saturated carbocycles. The Morgan fingerprint density at radius 1 is 1.06 bits per heavy atom. The number of rotatable bonds is 5. The molecule has 1 fully saturated rings. The molecular formula is C28H31N3O3. The number of carbonyl (C=O) groups excluding carboxylic acids is 1. The predicted octanol–water partition coefficient (Wildman–Crippen LogP) is 5.28. The summed E-state index contributed by atoms with van der Waals surface area (Å²) in [5.74, 6) is 1.74. The monoisotopic (exact) mass is 457 g/mol. The zero-order valence-electron chi connectivity index (χ0n) is 20.1. The van der Waals surface area contributed by atoms with E-state index in [2.05, 4.69) is 22.0 Å². The Morgan fingerprint density at radius 3 is 2.71 bits per heavy atom. The Kier molecular flexibility index (Phi) is 6.14. The van der Waals surface area contributed by atoms with Crippen molar-refractivity contribution in [1.29, 1.82) is 0 Å². The van der Waals surface area contributed by atoms with Crippen LogP contribution in [0, 0.1) is 6.92 Å². The van der Waals surface area contributed by atoms with Gasteiger partial charge in [0, 0.05) is 18.3 Å². The van der Waals surface area contributed by atoms with Crippen LogP contribution in [0.4, 0.5) is 0 Å². The van der Waals surface area contributed by atoms with E-state index >= 15 is 0 Å². The van der Waals surface area contributed by atoms with Gasteiger partial charge in [-0.2, -0.15) is 0 Å². The highest BCUT2D eigenvalue weighted by atomic mass is 16.5. The van der Waals surface area contributed by atoms with Gasteiger partial charge in [-0.15, -0.1) is 0 Å². The fourth-order valence-electron chi connectivity index (χ4n) is 5.22. The summed E-state index contributed by atoms with van der Waals surface area (Å²) in [7, 11) is 3.36. The molecule has 0 spiro atoms. The first kappa shape index (κ1) is 22.3. The molecule has 1 aromatic heterocycles. The van der Waals surface area contributed by atoms with E-state index in [0.29, 0.717) is 0 Å². The van der Waals surface area contributed by atoms with Gasteiger partial charge in [-0.3, -0.25) is 4.79 Å². The van der Waals surface area contributed by atoms with Crippen LogP contribution in [0.3, 0.4) is 0 Å². The van der Waals surface area contributed by atoms with Gasteiger partial charge >= 0.3 is 0 Å². The van der Waals surface area contributed by atoms with E-state index in [1.807, 2.05) is 48.0 Å². The minimum atomic E-state index is 0.108. The first-order valence-electron chi connectivity index (χ1n) is 11.9. The van der Waals surface area contributed by atoms with Gasteiger partial charge in [0.25, 0.3) is 0 Å². The summed E-state index contributed by atoms with van der Waals surface area (Å²) >= 11 is 0. The second-order valence-electron chi connectivity index (χ2n) is 9.10. The van der Waals surface area contributed by atoms with Gasteiger partial charge in [0.05, 0.1) is 38.0 Å². The Morgan fingerprint density at radius 2 is 1.94 bits per heavy atom. The third kappa shape index (κ3) is 4.20. The molecule has 0 radical (unpaired) electrons. The van der Waals surface area contributed by atoms with Crippen molar-refractivity contribution in [1.82, 2.24) is 14.5 Å². The third-order valence-corrected chi connectivity index (χ3v) is 6.93. The van der Waals surface area contributed by atoms with Crippen LogP contribution >= 0.6 is 0 Å². The molecule has 2 heterocycles. The molecule has 1 unspecified atom stereocenters. The Balaban J connectivity index is 1.43. The molecule has 1 atom stereocenters. The van der Waals surface area contributed by atoms with Crippen molar-refractivity contribution in [3.05, 3.63) is 76.9 Å². The zero-order chi connectivity index (χ0) is 23.7. The van der Waals surface area contributed by atoms with Crippen LogP contribution < -0.4 is 9.47 Å². The minimum Gasteiger partial charge on any atom is -0.497 e. The average Bonchev–Trinajstić information content (AvgIpc) is 3.30. The highest BCUT2D eigenvalue weighted by Crippen LogP contribution is 2.39. The first-order chi connectivity index (χ1) is 16.6. The largest absolute Gasteiger partial charge is 0.497 e. The quantitative estimate of drug-likeness (QED) is 0.489. The second kappa shape index (κ2) is 9.37. The summed E-state index contributed by atoms with van der Waals surface area (Å²) in [6.07, 6.45) is 10.7. The number of hydrogen-bond donors (Lipinski definition) is 0. The van der Waals surface area contributed by atoms with Crippen LogP contribution in [-0.4, -0.2) is 41.1 Å². The number of hydrogen-bond acceptors (Lipinski definition) is 4. The number of aromatic nitrogens is 2. The second-order valence-corrected chi connectivity index (χ2v) is 9.10. The molecule has 5 rings (SSSR count). The molecule has 1 amide bonds. The summed E-state index contributed by atoms with van der Waals surface area (Å²) in [6.45, 7) is 2.75. The molecule has 0 bridgehead atoms. The van der Waals surface area contributed by atoms with Crippen molar-refractivity contribution < 1.29 is 14.3 Å². The molecule has 6 heteroatoms. The van der Waals surface area contributed by atoms with E-state index in [0.717, 1.165) is 72.7 Å². The lowest BCUT2D eigenvalue weighted by Gasteiger charge is -2.39. The fraction of sp³-hybridized carbons (Fsp3) is 0.357. The summed E-state index contributed by atoms with van der Waals surface area (Å²) in [4.78, 5) is 20.0. The highest BCUT2D eigenvalue weighted by Gasteiger charge is 2.33. The topological polar surface area (TPSA) is 56.6 Å². The van der Waals surface area contributed by atoms with Crippen molar-refractivity contribution in [3.8, 4) is 17.2 Å². The fourth-order valence-corrected chi connectivity index (χ4v) is 5.22. The van der Waals surface area contributed by atoms with Gasteiger partial charge in [0.2, 0.25) is 5.91 Å². The number of nitrogens with zero attached hydrogens (tertiary/aromatic N) is 3. The van der Waals surface area contributed by atoms with Gasteiger partial charge in [-0.1, -0.05) is 12.1 Å². The summed E-state index contributed by atoms with van der Waals surface area (Å²) in [5.41, 5.74) is 6.26. The smallest absolute Gasteiger partial charge is 0.250 e. The van der Waals surface area contributed by atoms with Gasteiger partial charge in [-0.05, 0) is 86.1 Å². The molecular weight excluding hydrogens is 426 g/mol. The number of amides is 1. The van der Waals surface area contributed by atoms with Gasteiger partial charge in [0.1, 0.15) is 11.5 Å². The molecule has 2 aromatic carbocycles. The van der Waals surface area contributed by atoms with Crippen molar-refractivity contribution in [3.63, 3.8) is 0 Å². The van der Waals surface area contributed by atoms with Crippen LogP contribution in [0.2, 0.25) is 0 Å². The Labute approximate surface area is 200 Å². The van der Waals surface area contributed by atoms with Crippen LogP contribution in [-0.2, 0) is 11.2 Å². The highest BCUT2D eigenvalue weighted by molar-refractivity contribution is 5.99. The standard InChI is InChI=1S/C28H31N3O3/c1-19-17-30(18-29-19)26-12-9-20(15-27(26)34-3)14-22-7-5-13-31(28(22)32)25-8-4-6-21-10-11-23(33-2)16-24(21)25/h9-12,14-18,25H,4-8,13H2,1-3H3. The number of carbonyl (C=O) groups is 1. The number of fused-ring (bicyclic) bond motifs is 1. The Hall–Kier alpha value is -3.54. The lowest BCUT2D eigenvalue weighted by molar-refractivity contribution is -0.131. The van der Waals surface area contributed by atoms with Gasteiger partial charge in [0.15, 0.2) is 0 Å². The molecule has 3 aromatic rings. The van der Waals surface area contributed by atoms with E-state index in [4.69, 9.17) is 9.47 Å². The van der Waals surface area contributed by atoms with E-state index in [1.165, 1.54) is 11.1 Å². The molecule has 176 valence electrons. The maximum absolute atomic E-state index is 13.6. The van der Waals surface area contributed by atoms with Gasteiger partial charge < -0.3 is 18.9 Å². The molecule has 2 aliphatic rings. The molecule has 0 N–H and O–H groups in total. The molecule has 34 heavy (non-hydrogen) atoms. The normalized spacial score (nSPS) is 19.3. The van der Waals surface area contributed by atoms with E-state index in [-0.39, 0.29) is 11.9 Å². The van der Waals surface area contributed by atoms with Crippen molar-refractivity contribution in [2.45, 2.75) is 45.1 Å². The van der Waals surface area contributed by atoms with E-state index in [9.17, 15) is 4.79 Å². The number of aryl methyl sites for hydroxylation is 2. The van der Waals surface area contributed by atoms with Crippen molar-refractivity contribution in [2.24, 2.45) is 0 Å². The van der Waals surface area contributed by atoms with Crippen molar-refractivity contribution >= 4 is 12.0 Å². The first-order valence-corrected chi connectivity index (χ1v) is 11.9. The van der Waals surface area contributed by atoms with Crippen LogP contribution in [0.1, 0.15) is 54.1 Å². The number of methoxy groups -OCH3 is 2. The summed E-state index contributed by atoms with van der Waals surface area (Å²) in [5, 5.41) is 0. The van der Waals surface area contributed by atoms with Crippen LogP contribution in [0.5, 0.6) is 11.5 Å². The zero-order valence-corrected chi connectivity index (χ0v) is 20.1.